The largest absolute Gasteiger partial charge is 0.269 e. The highest BCUT2D eigenvalue weighted by Gasteiger charge is 2.03. The van der Waals surface area contributed by atoms with Gasteiger partial charge in [-0.1, -0.05) is 38.3 Å². The van der Waals surface area contributed by atoms with Gasteiger partial charge in [0.1, 0.15) is 0 Å². The molecule has 0 aliphatic rings. The summed E-state index contributed by atoms with van der Waals surface area (Å²) in [6, 6.07) is 6.84. The van der Waals surface area contributed by atoms with Crippen molar-refractivity contribution in [2.75, 3.05) is 5.75 Å². The maximum absolute atomic E-state index is 10.5. The van der Waals surface area contributed by atoms with Crippen LogP contribution in [0.25, 0.3) is 0 Å². The zero-order chi connectivity index (χ0) is 12.5. The predicted molar refractivity (Wildman–Crippen MR) is 73.4 cm³/mol. The van der Waals surface area contributed by atoms with Crippen LogP contribution in [0.5, 0.6) is 0 Å². The maximum atomic E-state index is 10.5. The number of non-ortho nitro benzene ring substituents is 1. The number of benzene rings is 1. The van der Waals surface area contributed by atoms with E-state index in [0.717, 1.165) is 11.3 Å². The Bertz CT molecular complexity index is 338. The Morgan fingerprint density at radius 1 is 1.18 bits per heavy atom. The zero-order valence-corrected chi connectivity index (χ0v) is 11.0. The molecule has 1 aromatic rings. The third-order valence-corrected chi connectivity index (χ3v) is 3.67. The van der Waals surface area contributed by atoms with Gasteiger partial charge < -0.3 is 0 Å². The highest BCUT2D eigenvalue weighted by molar-refractivity contribution is 7.98. The molecule has 3 nitrogen and oxygen atoms in total. The molecule has 0 radical (unpaired) electrons. The first-order valence-electron chi connectivity index (χ1n) is 6.05. The number of thioether (sulfide) groups is 1. The van der Waals surface area contributed by atoms with Crippen LogP contribution in [0.2, 0.25) is 0 Å². The summed E-state index contributed by atoms with van der Waals surface area (Å²) in [5, 5.41) is 10.5. The molecule has 17 heavy (non-hydrogen) atoms. The number of nitro groups is 1. The average Bonchev–Trinajstić information content (AvgIpc) is 2.34. The van der Waals surface area contributed by atoms with Gasteiger partial charge in [0.2, 0.25) is 0 Å². The SMILES string of the molecule is CCCCCCSCc1ccc([N+](=O)[O-])cc1. The van der Waals surface area contributed by atoms with Crippen molar-refractivity contribution in [2.24, 2.45) is 0 Å². The lowest BCUT2D eigenvalue weighted by Crippen LogP contribution is -1.89. The van der Waals surface area contributed by atoms with Crippen molar-refractivity contribution in [3.63, 3.8) is 0 Å². The van der Waals surface area contributed by atoms with Gasteiger partial charge in [-0.15, -0.1) is 0 Å². The molecule has 0 heterocycles. The summed E-state index contributed by atoms with van der Waals surface area (Å²) in [5.74, 6) is 2.13. The Hall–Kier alpha value is -1.03. The van der Waals surface area contributed by atoms with Crippen molar-refractivity contribution < 1.29 is 4.92 Å². The van der Waals surface area contributed by atoms with Crippen LogP contribution in [0.4, 0.5) is 5.69 Å². The monoisotopic (exact) mass is 253 g/mol. The van der Waals surface area contributed by atoms with Crippen molar-refractivity contribution >= 4 is 17.4 Å². The molecule has 4 heteroatoms. The lowest BCUT2D eigenvalue weighted by molar-refractivity contribution is -0.384. The predicted octanol–water partition coefficient (Wildman–Crippen LogP) is 4.41. The maximum Gasteiger partial charge on any atom is 0.269 e. The fourth-order valence-electron chi connectivity index (χ4n) is 1.53. The molecule has 0 saturated carbocycles. The van der Waals surface area contributed by atoms with E-state index in [9.17, 15) is 10.1 Å². The van der Waals surface area contributed by atoms with Crippen LogP contribution in [0, 0.1) is 10.1 Å². The molecule has 1 aromatic carbocycles. The molecule has 1 rings (SSSR count). The van der Waals surface area contributed by atoms with Crippen molar-refractivity contribution in [3.8, 4) is 0 Å². The smallest absolute Gasteiger partial charge is 0.258 e. The summed E-state index contributed by atoms with van der Waals surface area (Å²) in [7, 11) is 0. The first-order chi connectivity index (χ1) is 8.24. The lowest BCUT2D eigenvalue weighted by Gasteiger charge is -2.01. The van der Waals surface area contributed by atoms with Gasteiger partial charge in [-0.05, 0) is 17.7 Å². The summed E-state index contributed by atoms with van der Waals surface area (Å²) in [5.41, 5.74) is 1.33. The van der Waals surface area contributed by atoms with Crippen LogP contribution in [0.15, 0.2) is 24.3 Å². The molecule has 0 fully saturated rings. The number of hydrogen-bond donors (Lipinski definition) is 0. The van der Waals surface area contributed by atoms with Crippen molar-refractivity contribution in [1.29, 1.82) is 0 Å². The Labute approximate surface area is 107 Å². The molecule has 0 N–H and O–H groups in total. The van der Waals surface area contributed by atoms with E-state index in [1.54, 1.807) is 12.1 Å². The second-order valence-electron chi connectivity index (χ2n) is 4.04. The number of rotatable bonds is 8. The number of unbranched alkanes of at least 4 members (excludes halogenated alkanes) is 3. The summed E-state index contributed by atoms with van der Waals surface area (Å²) in [4.78, 5) is 10.1. The van der Waals surface area contributed by atoms with Gasteiger partial charge in [0.15, 0.2) is 0 Å². The standard InChI is InChI=1S/C13H19NO2S/c1-2-3-4-5-10-17-11-12-6-8-13(9-7-12)14(15)16/h6-9H,2-5,10-11H2,1H3. The molecular formula is C13H19NO2S. The average molecular weight is 253 g/mol. The van der Waals surface area contributed by atoms with Crippen LogP contribution < -0.4 is 0 Å². The van der Waals surface area contributed by atoms with E-state index in [-0.39, 0.29) is 10.6 Å². The van der Waals surface area contributed by atoms with E-state index in [0.29, 0.717) is 0 Å². The van der Waals surface area contributed by atoms with Crippen LogP contribution in [0.3, 0.4) is 0 Å². The number of nitrogens with zero attached hydrogens (tertiary/aromatic N) is 1. The van der Waals surface area contributed by atoms with Crippen LogP contribution in [-0.2, 0) is 5.75 Å². The van der Waals surface area contributed by atoms with Crippen molar-refractivity contribution in [3.05, 3.63) is 39.9 Å². The third kappa shape index (κ3) is 5.73. The molecule has 0 bridgehead atoms. The first kappa shape index (κ1) is 14.0. The highest BCUT2D eigenvalue weighted by Crippen LogP contribution is 2.17. The summed E-state index contributed by atoms with van der Waals surface area (Å²) in [6.45, 7) is 2.21. The fraction of sp³-hybridized carbons (Fsp3) is 0.538. The summed E-state index contributed by atoms with van der Waals surface area (Å²) < 4.78 is 0. The molecule has 0 aromatic heterocycles. The Morgan fingerprint density at radius 2 is 1.88 bits per heavy atom. The number of hydrogen-bond acceptors (Lipinski definition) is 3. The second-order valence-corrected chi connectivity index (χ2v) is 5.14. The molecule has 0 aliphatic heterocycles. The van der Waals surface area contributed by atoms with Crippen molar-refractivity contribution in [1.82, 2.24) is 0 Å². The topological polar surface area (TPSA) is 43.1 Å². The minimum absolute atomic E-state index is 0.168. The van der Waals surface area contributed by atoms with Gasteiger partial charge in [-0.2, -0.15) is 11.8 Å². The van der Waals surface area contributed by atoms with E-state index >= 15 is 0 Å². The van der Waals surface area contributed by atoms with Gasteiger partial charge in [0.25, 0.3) is 5.69 Å². The molecular weight excluding hydrogens is 234 g/mol. The summed E-state index contributed by atoms with van der Waals surface area (Å²) in [6.07, 6.45) is 5.17. The van der Waals surface area contributed by atoms with Gasteiger partial charge >= 0.3 is 0 Å². The molecule has 0 atom stereocenters. The molecule has 0 unspecified atom stereocenters. The molecule has 94 valence electrons. The normalized spacial score (nSPS) is 10.4. The Morgan fingerprint density at radius 3 is 2.47 bits per heavy atom. The Kier molecular flexibility index (Phi) is 6.70. The van der Waals surface area contributed by atoms with Gasteiger partial charge in [0.05, 0.1) is 4.92 Å². The Balaban J connectivity index is 2.21. The van der Waals surface area contributed by atoms with E-state index in [1.807, 2.05) is 23.9 Å². The fourth-order valence-corrected chi connectivity index (χ4v) is 2.52. The van der Waals surface area contributed by atoms with Crippen LogP contribution in [0.1, 0.15) is 38.2 Å². The zero-order valence-electron chi connectivity index (χ0n) is 10.2. The van der Waals surface area contributed by atoms with E-state index in [1.165, 1.54) is 31.4 Å². The number of nitro benzene ring substituents is 1. The van der Waals surface area contributed by atoms with Crippen molar-refractivity contribution in [2.45, 2.75) is 38.4 Å². The quantitative estimate of drug-likeness (QED) is 0.391. The van der Waals surface area contributed by atoms with E-state index in [4.69, 9.17) is 0 Å². The third-order valence-electron chi connectivity index (χ3n) is 2.56. The van der Waals surface area contributed by atoms with Gasteiger partial charge in [0, 0.05) is 17.9 Å². The minimum Gasteiger partial charge on any atom is -0.258 e. The van der Waals surface area contributed by atoms with Gasteiger partial charge in [-0.3, -0.25) is 10.1 Å². The van der Waals surface area contributed by atoms with E-state index in [2.05, 4.69) is 6.92 Å². The van der Waals surface area contributed by atoms with Crippen LogP contribution in [-0.4, -0.2) is 10.7 Å². The van der Waals surface area contributed by atoms with E-state index < -0.39 is 0 Å². The second kappa shape index (κ2) is 8.12. The highest BCUT2D eigenvalue weighted by atomic mass is 32.2. The molecule has 0 amide bonds. The van der Waals surface area contributed by atoms with Gasteiger partial charge in [-0.25, -0.2) is 0 Å². The molecule has 0 spiro atoms. The first-order valence-corrected chi connectivity index (χ1v) is 7.20. The molecule has 0 aliphatic carbocycles. The minimum atomic E-state index is -0.359. The summed E-state index contributed by atoms with van der Waals surface area (Å²) >= 11 is 1.90. The molecule has 0 saturated heterocycles. The lowest BCUT2D eigenvalue weighted by atomic mass is 10.2. The van der Waals surface area contributed by atoms with Crippen LogP contribution >= 0.6 is 11.8 Å².